The molecule has 0 aromatic heterocycles. The first-order chi connectivity index (χ1) is 8.11. The molecule has 1 aromatic carbocycles. The Balaban J connectivity index is 2.28. The second-order valence-electron chi connectivity index (χ2n) is 3.64. The minimum Gasteiger partial charge on any atom is -0.497 e. The van der Waals surface area contributed by atoms with Crippen molar-refractivity contribution in [3.05, 3.63) is 35.5 Å². The van der Waals surface area contributed by atoms with Crippen molar-refractivity contribution >= 4 is 17.9 Å². The van der Waals surface area contributed by atoms with Crippen LogP contribution < -0.4 is 10.5 Å². The van der Waals surface area contributed by atoms with E-state index in [-0.39, 0.29) is 11.9 Å². The van der Waals surface area contributed by atoms with E-state index < -0.39 is 0 Å². The number of nitrogens with two attached hydrogens (primary N) is 1. The van der Waals surface area contributed by atoms with Crippen LogP contribution in [-0.2, 0) is 4.79 Å². The van der Waals surface area contributed by atoms with Crippen LogP contribution in [0.2, 0.25) is 0 Å². The van der Waals surface area contributed by atoms with Crippen LogP contribution in [0.3, 0.4) is 0 Å². The molecule has 88 valence electrons. The maximum absolute atomic E-state index is 11.7. The summed E-state index contributed by atoms with van der Waals surface area (Å²) in [7, 11) is 3.20. The number of guanidine groups is 1. The Morgan fingerprint density at radius 1 is 1.35 bits per heavy atom. The monoisotopic (exact) mass is 231 g/mol. The number of hydrogen-bond acceptors (Lipinski definition) is 4. The van der Waals surface area contributed by atoms with Gasteiger partial charge in [-0.2, -0.15) is 0 Å². The van der Waals surface area contributed by atoms with Crippen molar-refractivity contribution in [1.82, 2.24) is 4.90 Å². The summed E-state index contributed by atoms with van der Waals surface area (Å²) < 4.78 is 5.05. The Bertz CT molecular complexity index is 503. The van der Waals surface area contributed by atoms with Gasteiger partial charge in [0, 0.05) is 7.05 Å². The van der Waals surface area contributed by atoms with Gasteiger partial charge in [-0.1, -0.05) is 12.1 Å². The van der Waals surface area contributed by atoms with Crippen molar-refractivity contribution in [3.8, 4) is 5.75 Å². The van der Waals surface area contributed by atoms with E-state index in [4.69, 9.17) is 10.5 Å². The summed E-state index contributed by atoms with van der Waals surface area (Å²) in [6.07, 6.45) is 1.69. The number of methoxy groups -OCH3 is 1. The third kappa shape index (κ3) is 2.13. The normalized spacial score (nSPS) is 17.5. The molecular weight excluding hydrogens is 218 g/mol. The Morgan fingerprint density at radius 3 is 2.47 bits per heavy atom. The maximum Gasteiger partial charge on any atom is 0.279 e. The number of carbonyl (C=O) groups excluding carboxylic acids is 1. The van der Waals surface area contributed by atoms with Gasteiger partial charge in [0.2, 0.25) is 5.96 Å². The van der Waals surface area contributed by atoms with Crippen molar-refractivity contribution in [3.63, 3.8) is 0 Å². The molecular formula is C12H13N3O2. The van der Waals surface area contributed by atoms with Crippen molar-refractivity contribution in [1.29, 1.82) is 0 Å². The fourth-order valence-electron chi connectivity index (χ4n) is 1.47. The van der Waals surface area contributed by atoms with E-state index in [1.54, 1.807) is 20.2 Å². The second kappa shape index (κ2) is 4.29. The second-order valence-corrected chi connectivity index (χ2v) is 3.64. The van der Waals surface area contributed by atoms with E-state index in [1.165, 1.54) is 4.90 Å². The number of rotatable bonds is 2. The number of hydrogen-bond donors (Lipinski definition) is 1. The van der Waals surface area contributed by atoms with E-state index in [1.807, 2.05) is 24.3 Å². The molecule has 0 bridgehead atoms. The molecule has 5 nitrogen and oxygen atoms in total. The van der Waals surface area contributed by atoms with Gasteiger partial charge in [-0.3, -0.25) is 9.69 Å². The van der Waals surface area contributed by atoms with Crippen LogP contribution in [0.5, 0.6) is 5.75 Å². The number of ether oxygens (including phenoxy) is 1. The molecule has 1 heterocycles. The molecule has 0 saturated carbocycles. The molecule has 1 aliphatic rings. The number of carbonyl (C=O) groups is 1. The summed E-state index contributed by atoms with van der Waals surface area (Å²) in [6.45, 7) is 0. The predicted molar refractivity (Wildman–Crippen MR) is 65.4 cm³/mol. The van der Waals surface area contributed by atoms with Crippen molar-refractivity contribution < 1.29 is 9.53 Å². The lowest BCUT2D eigenvalue weighted by Gasteiger charge is -2.05. The van der Waals surface area contributed by atoms with Crippen LogP contribution in [0.25, 0.3) is 6.08 Å². The number of amides is 1. The highest BCUT2D eigenvalue weighted by atomic mass is 16.5. The average molecular weight is 231 g/mol. The van der Waals surface area contributed by atoms with Crippen molar-refractivity contribution in [2.45, 2.75) is 0 Å². The molecule has 2 rings (SSSR count). The van der Waals surface area contributed by atoms with Crippen LogP contribution in [0.4, 0.5) is 0 Å². The largest absolute Gasteiger partial charge is 0.497 e. The SMILES string of the molecule is COc1ccc(/C=C2\N=C(N)N(C)C2=O)cc1. The number of nitrogens with zero attached hydrogens (tertiary/aromatic N) is 2. The fourth-order valence-corrected chi connectivity index (χ4v) is 1.47. The molecule has 17 heavy (non-hydrogen) atoms. The summed E-state index contributed by atoms with van der Waals surface area (Å²) in [5.41, 5.74) is 6.77. The number of aliphatic imine (C=N–C) groups is 1. The van der Waals surface area contributed by atoms with Crippen molar-refractivity contribution in [2.24, 2.45) is 10.7 Å². The number of likely N-dealkylation sites (N-methyl/N-ethyl adjacent to an activating group) is 1. The molecule has 0 fully saturated rings. The third-order valence-corrected chi connectivity index (χ3v) is 2.52. The van der Waals surface area contributed by atoms with E-state index in [2.05, 4.69) is 4.99 Å². The van der Waals surface area contributed by atoms with E-state index in [0.717, 1.165) is 11.3 Å². The average Bonchev–Trinajstić information content (AvgIpc) is 2.58. The van der Waals surface area contributed by atoms with Gasteiger partial charge >= 0.3 is 0 Å². The standard InChI is InChI=1S/C12H13N3O2/c1-15-11(16)10(14-12(15)13)7-8-3-5-9(17-2)6-4-8/h3-7H,1-2H3,(H2,13,14)/b10-7-. The van der Waals surface area contributed by atoms with Crippen LogP contribution in [0, 0.1) is 0 Å². The van der Waals surface area contributed by atoms with Crippen LogP contribution in [-0.4, -0.2) is 30.9 Å². The molecule has 0 unspecified atom stereocenters. The van der Waals surface area contributed by atoms with Crippen molar-refractivity contribution in [2.75, 3.05) is 14.2 Å². The molecule has 0 saturated heterocycles. The van der Waals surface area contributed by atoms with E-state index >= 15 is 0 Å². The van der Waals surface area contributed by atoms with Crippen LogP contribution in [0.1, 0.15) is 5.56 Å². The summed E-state index contributed by atoms with van der Waals surface area (Å²) >= 11 is 0. The molecule has 0 spiro atoms. The zero-order chi connectivity index (χ0) is 12.4. The van der Waals surface area contributed by atoms with Gasteiger partial charge < -0.3 is 10.5 Å². The summed E-state index contributed by atoms with van der Waals surface area (Å²) in [5, 5.41) is 0. The molecule has 2 N–H and O–H groups in total. The fraction of sp³-hybridized carbons (Fsp3) is 0.167. The molecule has 1 aromatic rings. The first-order valence-corrected chi connectivity index (χ1v) is 5.10. The first kappa shape index (κ1) is 11.2. The smallest absolute Gasteiger partial charge is 0.279 e. The highest BCUT2D eigenvalue weighted by Gasteiger charge is 2.24. The van der Waals surface area contributed by atoms with Gasteiger partial charge in [0.1, 0.15) is 11.4 Å². The molecule has 1 amide bonds. The quantitative estimate of drug-likeness (QED) is 0.766. The Hall–Kier alpha value is -2.30. The van der Waals surface area contributed by atoms with Gasteiger partial charge in [-0.25, -0.2) is 4.99 Å². The zero-order valence-electron chi connectivity index (χ0n) is 9.68. The van der Waals surface area contributed by atoms with Crippen LogP contribution in [0.15, 0.2) is 35.0 Å². The minimum atomic E-state index is -0.196. The topological polar surface area (TPSA) is 67.9 Å². The Labute approximate surface area is 99.2 Å². The lowest BCUT2D eigenvalue weighted by atomic mass is 10.2. The molecule has 1 aliphatic heterocycles. The zero-order valence-corrected chi connectivity index (χ0v) is 9.68. The lowest BCUT2D eigenvalue weighted by molar-refractivity contribution is -0.121. The minimum absolute atomic E-state index is 0.196. The highest BCUT2D eigenvalue weighted by molar-refractivity contribution is 6.12. The Kier molecular flexibility index (Phi) is 2.82. The van der Waals surface area contributed by atoms with E-state index in [9.17, 15) is 4.79 Å². The molecule has 0 radical (unpaired) electrons. The maximum atomic E-state index is 11.7. The molecule has 5 heteroatoms. The summed E-state index contributed by atoms with van der Waals surface area (Å²) in [5.74, 6) is 0.790. The van der Waals surface area contributed by atoms with Gasteiger partial charge in [-0.15, -0.1) is 0 Å². The molecule has 0 aliphatic carbocycles. The van der Waals surface area contributed by atoms with Crippen LogP contribution >= 0.6 is 0 Å². The van der Waals surface area contributed by atoms with Gasteiger partial charge in [0.05, 0.1) is 7.11 Å². The lowest BCUT2D eigenvalue weighted by Crippen LogP contribution is -2.33. The highest BCUT2D eigenvalue weighted by Crippen LogP contribution is 2.17. The van der Waals surface area contributed by atoms with Gasteiger partial charge in [0.15, 0.2) is 0 Å². The Morgan fingerprint density at radius 2 is 2.00 bits per heavy atom. The predicted octanol–water partition coefficient (Wildman–Crippen LogP) is 0.823. The summed E-state index contributed by atoms with van der Waals surface area (Å²) in [6, 6.07) is 7.34. The van der Waals surface area contributed by atoms with E-state index in [0.29, 0.717) is 5.70 Å². The molecule has 0 atom stereocenters. The number of benzene rings is 1. The third-order valence-electron chi connectivity index (χ3n) is 2.52. The van der Waals surface area contributed by atoms with Gasteiger partial charge in [0.25, 0.3) is 5.91 Å². The van der Waals surface area contributed by atoms with Gasteiger partial charge in [-0.05, 0) is 23.8 Å². The summed E-state index contributed by atoms with van der Waals surface area (Å²) in [4.78, 5) is 17.0. The first-order valence-electron chi connectivity index (χ1n) is 5.10.